The number of rotatable bonds is 5. The second-order valence-corrected chi connectivity index (χ2v) is 3.73. The van der Waals surface area contributed by atoms with E-state index in [1.807, 2.05) is 32.0 Å². The van der Waals surface area contributed by atoms with E-state index in [0.29, 0.717) is 12.4 Å². The van der Waals surface area contributed by atoms with E-state index >= 15 is 0 Å². The SMILES string of the molecule is CCCNC(=O)/C(C#N)=C\Nc1cccc(C)n1. The minimum Gasteiger partial charge on any atom is -0.351 e. The van der Waals surface area contributed by atoms with Crippen molar-refractivity contribution in [2.45, 2.75) is 20.3 Å². The van der Waals surface area contributed by atoms with Gasteiger partial charge in [0.2, 0.25) is 0 Å². The van der Waals surface area contributed by atoms with Crippen LogP contribution in [0.15, 0.2) is 30.0 Å². The Kier molecular flexibility index (Phi) is 5.39. The summed E-state index contributed by atoms with van der Waals surface area (Å²) in [6, 6.07) is 7.34. The molecule has 0 aromatic carbocycles. The van der Waals surface area contributed by atoms with Gasteiger partial charge in [0.25, 0.3) is 5.91 Å². The lowest BCUT2D eigenvalue weighted by molar-refractivity contribution is -0.117. The second kappa shape index (κ2) is 7.07. The highest BCUT2D eigenvalue weighted by Crippen LogP contribution is 2.04. The van der Waals surface area contributed by atoms with Crippen LogP contribution in [0.5, 0.6) is 0 Å². The number of hydrogen-bond donors (Lipinski definition) is 2. The van der Waals surface area contributed by atoms with Crippen molar-refractivity contribution in [3.8, 4) is 6.07 Å². The predicted molar refractivity (Wildman–Crippen MR) is 69.6 cm³/mol. The van der Waals surface area contributed by atoms with Crippen molar-refractivity contribution in [3.63, 3.8) is 0 Å². The molecule has 5 heteroatoms. The first-order chi connectivity index (χ1) is 8.67. The standard InChI is InChI=1S/C13H16N4O/c1-3-7-15-13(18)11(8-14)9-16-12-6-4-5-10(2)17-12/h4-6,9H,3,7H2,1-2H3,(H,15,18)(H,16,17)/b11-9-. The van der Waals surface area contributed by atoms with Gasteiger partial charge in [0, 0.05) is 18.4 Å². The number of carbonyl (C=O) groups is 1. The molecule has 1 aromatic heterocycles. The van der Waals surface area contributed by atoms with E-state index in [1.54, 1.807) is 6.07 Å². The van der Waals surface area contributed by atoms with Gasteiger partial charge in [0.15, 0.2) is 0 Å². The molecule has 1 amide bonds. The maximum Gasteiger partial charge on any atom is 0.263 e. The van der Waals surface area contributed by atoms with Gasteiger partial charge < -0.3 is 10.6 Å². The number of nitrogens with one attached hydrogen (secondary N) is 2. The molecule has 0 unspecified atom stereocenters. The van der Waals surface area contributed by atoms with Crippen LogP contribution in [0.25, 0.3) is 0 Å². The lowest BCUT2D eigenvalue weighted by atomic mass is 10.3. The number of anilines is 1. The zero-order valence-corrected chi connectivity index (χ0v) is 10.5. The number of pyridine rings is 1. The van der Waals surface area contributed by atoms with Crippen molar-refractivity contribution < 1.29 is 4.79 Å². The number of hydrogen-bond acceptors (Lipinski definition) is 4. The van der Waals surface area contributed by atoms with Gasteiger partial charge in [-0.25, -0.2) is 4.98 Å². The van der Waals surface area contributed by atoms with Gasteiger partial charge in [-0.2, -0.15) is 5.26 Å². The molecule has 0 spiro atoms. The Bertz CT molecular complexity index is 488. The zero-order chi connectivity index (χ0) is 13.4. The first-order valence-electron chi connectivity index (χ1n) is 5.76. The Hall–Kier alpha value is -2.35. The highest BCUT2D eigenvalue weighted by Gasteiger charge is 2.07. The van der Waals surface area contributed by atoms with Crippen molar-refractivity contribution in [2.24, 2.45) is 0 Å². The molecule has 0 saturated heterocycles. The molecule has 1 aromatic rings. The van der Waals surface area contributed by atoms with Crippen LogP contribution in [0, 0.1) is 18.3 Å². The number of aryl methyl sites for hydroxylation is 1. The van der Waals surface area contributed by atoms with Crippen LogP contribution in [-0.4, -0.2) is 17.4 Å². The van der Waals surface area contributed by atoms with Gasteiger partial charge in [-0.3, -0.25) is 4.79 Å². The summed E-state index contributed by atoms with van der Waals surface area (Å²) < 4.78 is 0. The van der Waals surface area contributed by atoms with Gasteiger partial charge in [-0.1, -0.05) is 13.0 Å². The average molecular weight is 244 g/mol. The van der Waals surface area contributed by atoms with Crippen molar-refractivity contribution in [3.05, 3.63) is 35.7 Å². The monoisotopic (exact) mass is 244 g/mol. The Balaban J connectivity index is 2.69. The summed E-state index contributed by atoms with van der Waals surface area (Å²) in [4.78, 5) is 15.8. The van der Waals surface area contributed by atoms with E-state index in [9.17, 15) is 4.79 Å². The quantitative estimate of drug-likeness (QED) is 0.611. The number of nitrogens with zero attached hydrogens (tertiary/aromatic N) is 2. The number of aromatic nitrogens is 1. The molecule has 5 nitrogen and oxygen atoms in total. The van der Waals surface area contributed by atoms with Crippen LogP contribution >= 0.6 is 0 Å². The highest BCUT2D eigenvalue weighted by molar-refractivity contribution is 5.97. The van der Waals surface area contributed by atoms with Gasteiger partial charge in [0.05, 0.1) is 0 Å². The first-order valence-corrected chi connectivity index (χ1v) is 5.76. The zero-order valence-electron chi connectivity index (χ0n) is 10.5. The van der Waals surface area contributed by atoms with Crippen LogP contribution < -0.4 is 10.6 Å². The summed E-state index contributed by atoms with van der Waals surface area (Å²) in [6.07, 6.45) is 2.20. The van der Waals surface area contributed by atoms with Gasteiger partial charge in [0.1, 0.15) is 17.5 Å². The molecule has 1 rings (SSSR count). The number of amides is 1. The maximum absolute atomic E-state index is 11.6. The van der Waals surface area contributed by atoms with E-state index in [4.69, 9.17) is 5.26 Å². The van der Waals surface area contributed by atoms with Crippen molar-refractivity contribution in [1.82, 2.24) is 10.3 Å². The normalized spacial score (nSPS) is 10.6. The molecule has 1 heterocycles. The van der Waals surface area contributed by atoms with Crippen molar-refractivity contribution in [1.29, 1.82) is 5.26 Å². The number of nitriles is 1. The molecule has 18 heavy (non-hydrogen) atoms. The average Bonchev–Trinajstić information content (AvgIpc) is 2.37. The first kappa shape index (κ1) is 13.7. The highest BCUT2D eigenvalue weighted by atomic mass is 16.1. The Labute approximate surface area is 107 Å². The van der Waals surface area contributed by atoms with Crippen LogP contribution in [0.3, 0.4) is 0 Å². The van der Waals surface area contributed by atoms with Crippen LogP contribution in [0.1, 0.15) is 19.0 Å². The maximum atomic E-state index is 11.6. The van der Waals surface area contributed by atoms with Crippen molar-refractivity contribution >= 4 is 11.7 Å². The molecule has 0 bridgehead atoms. The largest absolute Gasteiger partial charge is 0.351 e. The molecule has 0 aliphatic carbocycles. The Morgan fingerprint density at radius 2 is 2.33 bits per heavy atom. The Morgan fingerprint density at radius 3 is 2.94 bits per heavy atom. The summed E-state index contributed by atoms with van der Waals surface area (Å²) in [5.41, 5.74) is 0.897. The van der Waals surface area contributed by atoms with Gasteiger partial charge in [-0.05, 0) is 25.5 Å². The molecule has 0 fully saturated rings. The third-order valence-electron chi connectivity index (χ3n) is 2.15. The molecular weight excluding hydrogens is 228 g/mol. The van der Waals surface area contributed by atoms with Crippen LogP contribution in [0.2, 0.25) is 0 Å². The summed E-state index contributed by atoms with van der Waals surface area (Å²) >= 11 is 0. The summed E-state index contributed by atoms with van der Waals surface area (Å²) in [5, 5.41) is 14.4. The summed E-state index contributed by atoms with van der Waals surface area (Å²) in [6.45, 7) is 4.37. The Morgan fingerprint density at radius 1 is 1.56 bits per heavy atom. The summed E-state index contributed by atoms with van der Waals surface area (Å²) in [5.74, 6) is 0.227. The van der Waals surface area contributed by atoms with E-state index in [-0.39, 0.29) is 11.5 Å². The van der Waals surface area contributed by atoms with Gasteiger partial charge >= 0.3 is 0 Å². The fourth-order valence-electron chi connectivity index (χ4n) is 1.25. The predicted octanol–water partition coefficient (Wildman–Crippen LogP) is 1.74. The van der Waals surface area contributed by atoms with Crippen LogP contribution in [0.4, 0.5) is 5.82 Å². The number of carbonyl (C=O) groups excluding carboxylic acids is 1. The van der Waals surface area contributed by atoms with Crippen molar-refractivity contribution in [2.75, 3.05) is 11.9 Å². The molecule has 0 atom stereocenters. The molecule has 0 radical (unpaired) electrons. The topological polar surface area (TPSA) is 77.8 Å². The molecular formula is C13H16N4O. The third-order valence-corrected chi connectivity index (χ3v) is 2.15. The van der Waals surface area contributed by atoms with E-state index < -0.39 is 0 Å². The molecule has 0 saturated carbocycles. The molecule has 94 valence electrons. The third kappa shape index (κ3) is 4.26. The second-order valence-electron chi connectivity index (χ2n) is 3.73. The van der Waals surface area contributed by atoms with Crippen LogP contribution in [-0.2, 0) is 4.79 Å². The lowest BCUT2D eigenvalue weighted by Crippen LogP contribution is -2.25. The van der Waals surface area contributed by atoms with E-state index in [2.05, 4.69) is 15.6 Å². The smallest absolute Gasteiger partial charge is 0.263 e. The minimum absolute atomic E-state index is 0.0340. The fraction of sp³-hybridized carbons (Fsp3) is 0.308. The van der Waals surface area contributed by atoms with E-state index in [0.717, 1.165) is 12.1 Å². The van der Waals surface area contributed by atoms with E-state index in [1.165, 1.54) is 6.20 Å². The molecule has 2 N–H and O–H groups in total. The summed E-state index contributed by atoms with van der Waals surface area (Å²) in [7, 11) is 0. The minimum atomic E-state index is -0.375. The fourth-order valence-corrected chi connectivity index (χ4v) is 1.25. The lowest BCUT2D eigenvalue weighted by Gasteiger charge is -2.03. The molecule has 0 aliphatic heterocycles. The van der Waals surface area contributed by atoms with Gasteiger partial charge in [-0.15, -0.1) is 0 Å². The molecule has 0 aliphatic rings.